The van der Waals surface area contributed by atoms with Crippen LogP contribution in [0.3, 0.4) is 0 Å². The van der Waals surface area contributed by atoms with Crippen LogP contribution in [0.5, 0.6) is 0 Å². The number of halogens is 2. The fraction of sp³-hybridized carbons (Fsp3) is 0.294. The fourth-order valence-electron chi connectivity index (χ4n) is 3.04. The SMILES string of the molecule is O=C(N[C@@H]1CCC[C@@H]1c1ccc(Cl)cc1)c1cccnc1Cl. The predicted octanol–water partition coefficient (Wildman–Crippen LogP) is 4.45. The average Bonchev–Trinajstić information content (AvgIpc) is 2.96. The predicted molar refractivity (Wildman–Crippen MR) is 88.5 cm³/mol. The Hall–Kier alpha value is -1.58. The molecule has 0 saturated heterocycles. The van der Waals surface area contributed by atoms with Gasteiger partial charge in [0.2, 0.25) is 0 Å². The number of pyridine rings is 1. The number of hydrogen-bond acceptors (Lipinski definition) is 2. The standard InChI is InChI=1S/C17H16Cl2N2O/c18-12-8-6-11(7-9-12)13-3-1-5-15(13)21-17(22)14-4-2-10-20-16(14)19/h2,4,6-10,13,15H,1,3,5H2,(H,21,22)/t13-,15-/m1/s1. The third-order valence-corrected chi connectivity index (χ3v) is 4.69. The molecule has 22 heavy (non-hydrogen) atoms. The van der Waals surface area contributed by atoms with Crippen molar-refractivity contribution in [2.24, 2.45) is 0 Å². The smallest absolute Gasteiger partial charge is 0.254 e. The van der Waals surface area contributed by atoms with E-state index in [1.54, 1.807) is 18.3 Å². The summed E-state index contributed by atoms with van der Waals surface area (Å²) in [5.41, 5.74) is 1.63. The van der Waals surface area contributed by atoms with Gasteiger partial charge >= 0.3 is 0 Å². The summed E-state index contributed by atoms with van der Waals surface area (Å²) in [5, 5.41) is 4.07. The Morgan fingerprint density at radius 2 is 1.91 bits per heavy atom. The Labute approximate surface area is 139 Å². The zero-order valence-electron chi connectivity index (χ0n) is 11.9. The van der Waals surface area contributed by atoms with Gasteiger partial charge in [0.05, 0.1) is 5.56 Å². The van der Waals surface area contributed by atoms with Gasteiger partial charge in [0.15, 0.2) is 0 Å². The van der Waals surface area contributed by atoms with Crippen molar-refractivity contribution < 1.29 is 4.79 Å². The lowest BCUT2D eigenvalue weighted by molar-refractivity contribution is 0.0934. The van der Waals surface area contributed by atoms with E-state index in [4.69, 9.17) is 23.2 Å². The van der Waals surface area contributed by atoms with Gasteiger partial charge in [-0.1, -0.05) is 41.8 Å². The summed E-state index contributed by atoms with van der Waals surface area (Å²) in [4.78, 5) is 16.3. The van der Waals surface area contributed by atoms with E-state index in [1.807, 2.05) is 24.3 Å². The van der Waals surface area contributed by atoms with Crippen molar-refractivity contribution >= 4 is 29.1 Å². The zero-order chi connectivity index (χ0) is 15.5. The molecule has 5 heteroatoms. The fourth-order valence-corrected chi connectivity index (χ4v) is 3.37. The van der Waals surface area contributed by atoms with Crippen LogP contribution in [0.1, 0.15) is 41.1 Å². The van der Waals surface area contributed by atoms with E-state index in [1.165, 1.54) is 5.56 Å². The van der Waals surface area contributed by atoms with Crippen LogP contribution < -0.4 is 5.32 Å². The van der Waals surface area contributed by atoms with Crippen LogP contribution in [0.4, 0.5) is 0 Å². The first kappa shape index (κ1) is 15.3. The lowest BCUT2D eigenvalue weighted by atomic mass is 9.94. The minimum absolute atomic E-state index is 0.116. The van der Waals surface area contributed by atoms with Crippen LogP contribution >= 0.6 is 23.2 Å². The maximum Gasteiger partial charge on any atom is 0.254 e. The highest BCUT2D eigenvalue weighted by molar-refractivity contribution is 6.32. The first-order chi connectivity index (χ1) is 10.6. The lowest BCUT2D eigenvalue weighted by Gasteiger charge is -2.21. The van der Waals surface area contributed by atoms with Gasteiger partial charge in [-0.05, 0) is 42.7 Å². The van der Waals surface area contributed by atoms with Gasteiger partial charge in [-0.15, -0.1) is 0 Å². The molecule has 1 fully saturated rings. The van der Waals surface area contributed by atoms with Crippen molar-refractivity contribution in [2.45, 2.75) is 31.2 Å². The molecule has 0 radical (unpaired) electrons. The topological polar surface area (TPSA) is 42.0 Å². The molecule has 1 saturated carbocycles. The molecule has 3 rings (SSSR count). The molecule has 1 aromatic heterocycles. The molecule has 1 aromatic carbocycles. The van der Waals surface area contributed by atoms with Crippen molar-refractivity contribution in [3.8, 4) is 0 Å². The quantitative estimate of drug-likeness (QED) is 0.842. The van der Waals surface area contributed by atoms with Crippen molar-refractivity contribution in [1.29, 1.82) is 0 Å². The molecule has 2 aromatic rings. The molecular formula is C17H16Cl2N2O. The first-order valence-corrected chi connectivity index (χ1v) is 8.07. The van der Waals surface area contributed by atoms with Crippen LogP contribution in [0.2, 0.25) is 10.2 Å². The molecule has 1 aliphatic rings. The Morgan fingerprint density at radius 1 is 1.14 bits per heavy atom. The summed E-state index contributed by atoms with van der Waals surface area (Å²) in [6.45, 7) is 0. The molecule has 0 aliphatic heterocycles. The average molecular weight is 335 g/mol. The molecule has 1 heterocycles. The number of benzene rings is 1. The van der Waals surface area contributed by atoms with E-state index in [0.717, 1.165) is 24.3 Å². The zero-order valence-corrected chi connectivity index (χ0v) is 13.4. The van der Waals surface area contributed by atoms with E-state index in [9.17, 15) is 4.79 Å². The highest BCUT2D eigenvalue weighted by atomic mass is 35.5. The largest absolute Gasteiger partial charge is 0.349 e. The van der Waals surface area contributed by atoms with Crippen molar-refractivity contribution in [3.63, 3.8) is 0 Å². The van der Waals surface area contributed by atoms with Gasteiger partial charge in [-0.25, -0.2) is 4.98 Å². The summed E-state index contributed by atoms with van der Waals surface area (Å²) in [6, 6.07) is 11.4. The molecule has 1 amide bonds. The minimum Gasteiger partial charge on any atom is -0.349 e. The van der Waals surface area contributed by atoms with Gasteiger partial charge in [-0.2, -0.15) is 0 Å². The lowest BCUT2D eigenvalue weighted by Crippen LogP contribution is -2.36. The Morgan fingerprint density at radius 3 is 2.64 bits per heavy atom. The number of carbonyl (C=O) groups is 1. The van der Waals surface area contributed by atoms with Crippen LogP contribution in [-0.4, -0.2) is 16.9 Å². The molecule has 2 atom stereocenters. The number of carbonyl (C=O) groups excluding carboxylic acids is 1. The molecule has 1 N–H and O–H groups in total. The molecular weight excluding hydrogens is 319 g/mol. The van der Waals surface area contributed by atoms with E-state index in [2.05, 4.69) is 10.3 Å². The van der Waals surface area contributed by atoms with Crippen LogP contribution in [0.25, 0.3) is 0 Å². The third-order valence-electron chi connectivity index (χ3n) is 4.13. The van der Waals surface area contributed by atoms with Crippen LogP contribution in [0.15, 0.2) is 42.6 Å². The maximum absolute atomic E-state index is 12.4. The molecule has 114 valence electrons. The molecule has 0 bridgehead atoms. The van der Waals surface area contributed by atoms with E-state index in [0.29, 0.717) is 11.5 Å². The summed E-state index contributed by atoms with van der Waals surface area (Å²) >= 11 is 11.9. The van der Waals surface area contributed by atoms with Crippen LogP contribution in [0, 0.1) is 0 Å². The number of rotatable bonds is 3. The summed E-state index contributed by atoms with van der Waals surface area (Å²) < 4.78 is 0. The Balaban J connectivity index is 1.75. The third kappa shape index (κ3) is 3.26. The van der Waals surface area contributed by atoms with Gasteiger partial charge in [0.25, 0.3) is 5.91 Å². The van der Waals surface area contributed by atoms with Gasteiger partial charge in [0.1, 0.15) is 5.15 Å². The van der Waals surface area contributed by atoms with Crippen molar-refractivity contribution in [1.82, 2.24) is 10.3 Å². The van der Waals surface area contributed by atoms with Crippen molar-refractivity contribution in [2.75, 3.05) is 0 Å². The highest BCUT2D eigenvalue weighted by Crippen LogP contribution is 2.35. The Kier molecular flexibility index (Phi) is 4.65. The maximum atomic E-state index is 12.4. The minimum atomic E-state index is -0.163. The summed E-state index contributed by atoms with van der Waals surface area (Å²) in [6.07, 6.45) is 4.70. The molecule has 0 unspecified atom stereocenters. The molecule has 1 aliphatic carbocycles. The number of aromatic nitrogens is 1. The van der Waals surface area contributed by atoms with E-state index in [-0.39, 0.29) is 17.1 Å². The van der Waals surface area contributed by atoms with Gasteiger partial charge in [-0.3, -0.25) is 4.79 Å². The van der Waals surface area contributed by atoms with E-state index >= 15 is 0 Å². The van der Waals surface area contributed by atoms with E-state index < -0.39 is 0 Å². The highest BCUT2D eigenvalue weighted by Gasteiger charge is 2.30. The second kappa shape index (κ2) is 6.67. The normalized spacial score (nSPS) is 20.8. The van der Waals surface area contributed by atoms with Crippen LogP contribution in [-0.2, 0) is 0 Å². The second-order valence-corrected chi connectivity index (χ2v) is 6.31. The molecule has 0 spiro atoms. The van der Waals surface area contributed by atoms with Gasteiger partial charge in [0, 0.05) is 23.2 Å². The molecule has 3 nitrogen and oxygen atoms in total. The second-order valence-electron chi connectivity index (χ2n) is 5.51. The summed E-state index contributed by atoms with van der Waals surface area (Å²) in [7, 11) is 0. The number of nitrogens with zero attached hydrogens (tertiary/aromatic N) is 1. The van der Waals surface area contributed by atoms with Gasteiger partial charge < -0.3 is 5.32 Å². The number of amides is 1. The first-order valence-electron chi connectivity index (χ1n) is 7.32. The Bertz CT molecular complexity index is 673. The van der Waals surface area contributed by atoms with Crippen molar-refractivity contribution in [3.05, 3.63) is 63.9 Å². The monoisotopic (exact) mass is 334 g/mol. The summed E-state index contributed by atoms with van der Waals surface area (Å²) in [5.74, 6) is 0.153. The number of nitrogens with one attached hydrogen (secondary N) is 1. The number of hydrogen-bond donors (Lipinski definition) is 1.